The van der Waals surface area contributed by atoms with E-state index in [1.54, 1.807) is 18.3 Å². The number of para-hydroxylation sites is 1. The number of nitrogens with zero attached hydrogens (tertiary/aromatic N) is 1. The number of hydrogen-bond acceptors (Lipinski definition) is 4. The first-order valence-electron chi connectivity index (χ1n) is 9.48. The number of anilines is 1. The predicted molar refractivity (Wildman–Crippen MR) is 115 cm³/mol. The van der Waals surface area contributed by atoms with Gasteiger partial charge in [0.2, 0.25) is 11.8 Å². The molecule has 0 saturated carbocycles. The minimum absolute atomic E-state index is 0.0556. The molecule has 3 rings (SSSR count). The molecule has 0 unspecified atom stereocenters. The Morgan fingerprint density at radius 3 is 2.34 bits per heavy atom. The van der Waals surface area contributed by atoms with Crippen molar-refractivity contribution < 1.29 is 14.3 Å². The number of hydrazone groups is 1. The van der Waals surface area contributed by atoms with Crippen LogP contribution < -0.4 is 15.5 Å². The van der Waals surface area contributed by atoms with Crippen LogP contribution in [0.2, 0.25) is 0 Å². The molecule has 0 bridgehead atoms. The van der Waals surface area contributed by atoms with Crippen molar-refractivity contribution in [3.05, 3.63) is 72.3 Å². The number of carbonyl (C=O) groups is 2. The van der Waals surface area contributed by atoms with E-state index in [9.17, 15) is 9.59 Å². The van der Waals surface area contributed by atoms with Crippen molar-refractivity contribution in [1.82, 2.24) is 5.43 Å². The second-order valence-corrected chi connectivity index (χ2v) is 6.34. The van der Waals surface area contributed by atoms with Gasteiger partial charge >= 0.3 is 0 Å². The lowest BCUT2D eigenvalue weighted by atomic mass is 10.0. The van der Waals surface area contributed by atoms with Gasteiger partial charge in [0.25, 0.3) is 0 Å². The van der Waals surface area contributed by atoms with Gasteiger partial charge in [-0.15, -0.1) is 0 Å². The number of nitrogens with one attached hydrogen (secondary N) is 2. The average Bonchev–Trinajstić information content (AvgIpc) is 2.74. The minimum Gasteiger partial charge on any atom is -0.493 e. The summed E-state index contributed by atoms with van der Waals surface area (Å²) in [4.78, 5) is 23.9. The lowest BCUT2D eigenvalue weighted by Gasteiger charge is -2.09. The van der Waals surface area contributed by atoms with Gasteiger partial charge in [0.05, 0.1) is 12.8 Å². The highest BCUT2D eigenvalue weighted by atomic mass is 16.5. The number of ether oxygens (including phenoxy) is 1. The SMILES string of the molecule is CCOc1ccc(C=NNC(=O)CCC(=O)Nc2ccccc2)c2ccccc12. The summed E-state index contributed by atoms with van der Waals surface area (Å²) in [5.74, 6) is 0.279. The number of benzene rings is 3. The monoisotopic (exact) mass is 389 g/mol. The van der Waals surface area contributed by atoms with Gasteiger partial charge < -0.3 is 10.1 Å². The van der Waals surface area contributed by atoms with Crippen LogP contribution in [0.5, 0.6) is 5.75 Å². The number of carbonyl (C=O) groups excluding carboxylic acids is 2. The van der Waals surface area contributed by atoms with Crippen molar-refractivity contribution in [2.24, 2.45) is 5.10 Å². The number of fused-ring (bicyclic) bond motifs is 1. The molecule has 29 heavy (non-hydrogen) atoms. The fourth-order valence-corrected chi connectivity index (χ4v) is 2.89. The van der Waals surface area contributed by atoms with E-state index in [1.165, 1.54) is 0 Å². The molecule has 0 aliphatic heterocycles. The van der Waals surface area contributed by atoms with Crippen LogP contribution in [0.15, 0.2) is 71.8 Å². The van der Waals surface area contributed by atoms with Crippen LogP contribution in [0.25, 0.3) is 10.8 Å². The molecule has 0 spiro atoms. The highest BCUT2D eigenvalue weighted by Crippen LogP contribution is 2.27. The van der Waals surface area contributed by atoms with Gasteiger partial charge in [-0.05, 0) is 36.6 Å². The molecule has 0 saturated heterocycles. The van der Waals surface area contributed by atoms with Crippen LogP contribution in [0, 0.1) is 0 Å². The Hall–Kier alpha value is -3.67. The maximum absolute atomic E-state index is 12.0. The molecule has 0 aromatic heterocycles. The fourth-order valence-electron chi connectivity index (χ4n) is 2.89. The third-order valence-corrected chi connectivity index (χ3v) is 4.25. The molecule has 3 aromatic carbocycles. The van der Waals surface area contributed by atoms with E-state index in [4.69, 9.17) is 4.74 Å². The van der Waals surface area contributed by atoms with Gasteiger partial charge in [-0.2, -0.15) is 5.10 Å². The van der Waals surface area contributed by atoms with Crippen molar-refractivity contribution in [3.8, 4) is 5.75 Å². The summed E-state index contributed by atoms with van der Waals surface area (Å²) in [6, 6.07) is 20.8. The summed E-state index contributed by atoms with van der Waals surface area (Å²) in [7, 11) is 0. The summed E-state index contributed by atoms with van der Waals surface area (Å²) < 4.78 is 5.66. The highest BCUT2D eigenvalue weighted by molar-refractivity contribution is 6.02. The molecule has 0 aliphatic rings. The van der Waals surface area contributed by atoms with E-state index in [0.29, 0.717) is 12.3 Å². The second-order valence-electron chi connectivity index (χ2n) is 6.34. The zero-order chi connectivity index (χ0) is 20.5. The van der Waals surface area contributed by atoms with Gasteiger partial charge in [0, 0.05) is 29.5 Å². The van der Waals surface area contributed by atoms with E-state index in [1.807, 2.05) is 61.5 Å². The van der Waals surface area contributed by atoms with Crippen LogP contribution in [0.3, 0.4) is 0 Å². The summed E-state index contributed by atoms with van der Waals surface area (Å²) >= 11 is 0. The fraction of sp³-hybridized carbons (Fsp3) is 0.174. The lowest BCUT2D eigenvalue weighted by molar-refractivity contribution is -0.124. The Balaban J connectivity index is 1.55. The van der Waals surface area contributed by atoms with Crippen LogP contribution in [-0.4, -0.2) is 24.6 Å². The maximum Gasteiger partial charge on any atom is 0.240 e. The zero-order valence-corrected chi connectivity index (χ0v) is 16.2. The van der Waals surface area contributed by atoms with Crippen molar-refractivity contribution in [1.29, 1.82) is 0 Å². The smallest absolute Gasteiger partial charge is 0.240 e. The van der Waals surface area contributed by atoms with Crippen molar-refractivity contribution in [2.75, 3.05) is 11.9 Å². The lowest BCUT2D eigenvalue weighted by Crippen LogP contribution is -2.20. The molecular weight excluding hydrogens is 366 g/mol. The first-order chi connectivity index (χ1) is 14.2. The zero-order valence-electron chi connectivity index (χ0n) is 16.2. The molecule has 0 fully saturated rings. The second kappa shape index (κ2) is 10.0. The minimum atomic E-state index is -0.320. The van der Waals surface area contributed by atoms with E-state index in [-0.39, 0.29) is 24.7 Å². The molecule has 0 aliphatic carbocycles. The molecular formula is C23H23N3O3. The highest BCUT2D eigenvalue weighted by Gasteiger charge is 2.07. The standard InChI is InChI=1S/C23H23N3O3/c1-2-29-21-13-12-17(19-10-6-7-11-20(19)21)16-24-26-23(28)15-14-22(27)25-18-8-4-3-5-9-18/h3-13,16H,2,14-15H2,1H3,(H,25,27)(H,26,28). The largest absolute Gasteiger partial charge is 0.493 e. The van der Waals surface area contributed by atoms with Gasteiger partial charge in [0.1, 0.15) is 5.75 Å². The topological polar surface area (TPSA) is 79.8 Å². The Morgan fingerprint density at radius 1 is 0.897 bits per heavy atom. The van der Waals surface area contributed by atoms with Crippen LogP contribution in [0.1, 0.15) is 25.3 Å². The maximum atomic E-state index is 12.0. The Morgan fingerprint density at radius 2 is 1.59 bits per heavy atom. The van der Waals surface area contributed by atoms with Crippen LogP contribution >= 0.6 is 0 Å². The van der Waals surface area contributed by atoms with Gasteiger partial charge in [-0.25, -0.2) is 5.43 Å². The third kappa shape index (κ3) is 5.65. The summed E-state index contributed by atoms with van der Waals surface area (Å²) in [5, 5.41) is 8.75. The van der Waals surface area contributed by atoms with Crippen molar-refractivity contribution in [2.45, 2.75) is 19.8 Å². The Labute approximate surface area is 169 Å². The quantitative estimate of drug-likeness (QED) is 0.449. The number of rotatable bonds is 8. The average molecular weight is 389 g/mol. The molecule has 2 amide bonds. The van der Waals surface area contributed by atoms with Crippen LogP contribution in [-0.2, 0) is 9.59 Å². The molecule has 0 atom stereocenters. The Kier molecular flexibility index (Phi) is 6.95. The van der Waals surface area contributed by atoms with Crippen molar-refractivity contribution >= 4 is 34.5 Å². The predicted octanol–water partition coefficient (Wildman–Crippen LogP) is 4.11. The van der Waals surface area contributed by atoms with E-state index < -0.39 is 0 Å². The number of amides is 2. The number of hydrogen-bond donors (Lipinski definition) is 2. The molecule has 148 valence electrons. The Bertz CT molecular complexity index is 1020. The van der Waals surface area contributed by atoms with E-state index in [0.717, 1.165) is 22.1 Å². The van der Waals surface area contributed by atoms with Gasteiger partial charge in [-0.1, -0.05) is 42.5 Å². The van der Waals surface area contributed by atoms with Crippen molar-refractivity contribution in [3.63, 3.8) is 0 Å². The molecule has 2 N–H and O–H groups in total. The molecule has 0 heterocycles. The molecule has 3 aromatic rings. The summed E-state index contributed by atoms with van der Waals surface area (Å²) in [5.41, 5.74) is 4.05. The normalized spacial score (nSPS) is 10.8. The van der Waals surface area contributed by atoms with Gasteiger partial charge in [-0.3, -0.25) is 9.59 Å². The van der Waals surface area contributed by atoms with Gasteiger partial charge in [0.15, 0.2) is 0 Å². The van der Waals surface area contributed by atoms with E-state index >= 15 is 0 Å². The third-order valence-electron chi connectivity index (χ3n) is 4.25. The first-order valence-corrected chi connectivity index (χ1v) is 9.48. The molecule has 0 radical (unpaired) electrons. The molecule has 6 heteroatoms. The molecule has 6 nitrogen and oxygen atoms in total. The summed E-state index contributed by atoms with van der Waals surface area (Å²) in [6.45, 7) is 2.53. The van der Waals surface area contributed by atoms with Crippen LogP contribution in [0.4, 0.5) is 5.69 Å². The first kappa shape index (κ1) is 20.1. The van der Waals surface area contributed by atoms with E-state index in [2.05, 4.69) is 15.8 Å². The summed E-state index contributed by atoms with van der Waals surface area (Å²) in [6.07, 6.45) is 1.74.